The molecule has 9 aromatic rings. The van der Waals surface area contributed by atoms with Crippen LogP contribution in [0.4, 0.5) is 0 Å². The van der Waals surface area contributed by atoms with E-state index in [4.69, 9.17) is 11.3 Å². The second kappa shape index (κ2) is 10.4. The normalized spacial score (nSPS) is 13.1. The van der Waals surface area contributed by atoms with Gasteiger partial charge in [0.2, 0.25) is 0 Å². The summed E-state index contributed by atoms with van der Waals surface area (Å²) in [5.74, 6) is 0. The Morgan fingerprint density at radius 2 is 1.02 bits per heavy atom. The molecule has 0 fully saturated rings. The first kappa shape index (κ1) is 20.9. The van der Waals surface area contributed by atoms with Gasteiger partial charge >= 0.3 is 0 Å². The van der Waals surface area contributed by atoms with Gasteiger partial charge in [0.1, 0.15) is 11.2 Å². The van der Waals surface area contributed by atoms with Gasteiger partial charge in [-0.15, -0.1) is 0 Å². The molecule has 1 aromatic heterocycles. The highest BCUT2D eigenvalue weighted by molar-refractivity contribution is 6.26. The molecule has 0 bridgehead atoms. The van der Waals surface area contributed by atoms with E-state index in [1.165, 1.54) is 0 Å². The standard InChI is InChI=1S/C44H28O/c1-4-14-29(15-5-1)32-26-27-36-39(28-32)42(35-21-11-10-20-34(35)41(36)31-18-8-3-9-19-31)37-23-13-25-40-43(37)38-24-12-22-33(44(38)45-40)30-16-6-2-7-17-30/h1-28H/i3D,8D,9D,18D,19D. The lowest BCUT2D eigenvalue weighted by molar-refractivity contribution is 0.670. The van der Waals surface area contributed by atoms with E-state index < -0.39 is 6.04 Å². The molecule has 8 aromatic carbocycles. The maximum absolute atomic E-state index is 9.00. The average molecular weight is 578 g/mol. The number of furan rings is 1. The van der Waals surface area contributed by atoms with Gasteiger partial charge in [0.05, 0.1) is 6.85 Å². The van der Waals surface area contributed by atoms with Crippen LogP contribution >= 0.6 is 0 Å². The summed E-state index contributed by atoms with van der Waals surface area (Å²) in [5.41, 5.74) is 8.53. The van der Waals surface area contributed by atoms with Crippen molar-refractivity contribution in [1.82, 2.24) is 0 Å². The van der Waals surface area contributed by atoms with Gasteiger partial charge in [0.25, 0.3) is 0 Å². The first-order valence-corrected chi connectivity index (χ1v) is 15.0. The molecule has 0 aliphatic heterocycles. The summed E-state index contributed by atoms with van der Waals surface area (Å²) in [6, 6.07) is 45.5. The van der Waals surface area contributed by atoms with Crippen LogP contribution in [0.5, 0.6) is 0 Å². The fourth-order valence-electron chi connectivity index (χ4n) is 6.82. The average Bonchev–Trinajstić information content (AvgIpc) is 3.56. The predicted octanol–water partition coefficient (Wildman–Crippen LogP) is 12.6. The summed E-state index contributed by atoms with van der Waals surface area (Å²) in [5, 5.41) is 5.42. The summed E-state index contributed by atoms with van der Waals surface area (Å²) in [6.07, 6.45) is 0. The summed E-state index contributed by atoms with van der Waals surface area (Å²) in [7, 11) is 0. The van der Waals surface area contributed by atoms with Crippen molar-refractivity contribution in [2.45, 2.75) is 0 Å². The highest BCUT2D eigenvalue weighted by Gasteiger charge is 2.21. The molecule has 1 heteroatoms. The second-order valence-corrected chi connectivity index (χ2v) is 11.3. The molecule has 0 unspecified atom stereocenters. The van der Waals surface area contributed by atoms with Crippen LogP contribution in [0.1, 0.15) is 6.85 Å². The minimum Gasteiger partial charge on any atom is -0.455 e. The lowest BCUT2D eigenvalue weighted by atomic mass is 9.84. The van der Waals surface area contributed by atoms with E-state index in [0.29, 0.717) is 5.56 Å². The number of hydrogen-bond acceptors (Lipinski definition) is 1. The van der Waals surface area contributed by atoms with Crippen LogP contribution in [-0.2, 0) is 0 Å². The minimum absolute atomic E-state index is 0.190. The van der Waals surface area contributed by atoms with Gasteiger partial charge in [0, 0.05) is 16.3 Å². The lowest BCUT2D eigenvalue weighted by Crippen LogP contribution is -1.92. The monoisotopic (exact) mass is 577 g/mol. The molecular weight excluding hydrogens is 544 g/mol. The molecule has 0 aliphatic carbocycles. The zero-order valence-electron chi connectivity index (χ0n) is 29.2. The van der Waals surface area contributed by atoms with Crippen LogP contribution in [0.3, 0.4) is 0 Å². The van der Waals surface area contributed by atoms with Crippen molar-refractivity contribution in [2.75, 3.05) is 0 Å². The fraction of sp³-hybridized carbons (Fsp3) is 0. The minimum atomic E-state index is -0.409. The summed E-state index contributed by atoms with van der Waals surface area (Å²) in [6.45, 7) is 0. The molecule has 0 saturated carbocycles. The van der Waals surface area contributed by atoms with E-state index in [9.17, 15) is 0 Å². The van der Waals surface area contributed by atoms with Crippen LogP contribution < -0.4 is 0 Å². The Labute approximate surface area is 268 Å². The smallest absolute Gasteiger partial charge is 0.143 e. The third kappa shape index (κ3) is 4.09. The van der Waals surface area contributed by atoms with Crippen molar-refractivity contribution in [1.29, 1.82) is 0 Å². The van der Waals surface area contributed by atoms with Crippen molar-refractivity contribution >= 4 is 43.5 Å². The van der Waals surface area contributed by atoms with Crippen LogP contribution in [0, 0.1) is 0 Å². The van der Waals surface area contributed by atoms with Crippen LogP contribution in [0.25, 0.3) is 88.0 Å². The molecule has 9 rings (SSSR count). The zero-order chi connectivity index (χ0) is 34.1. The lowest BCUT2D eigenvalue weighted by Gasteiger charge is -2.19. The zero-order valence-corrected chi connectivity index (χ0v) is 24.2. The molecular formula is C44H28O. The number of para-hydroxylation sites is 1. The number of benzene rings is 8. The van der Waals surface area contributed by atoms with E-state index in [-0.39, 0.29) is 29.7 Å². The Bertz CT molecular complexity index is 2780. The molecule has 1 heterocycles. The molecule has 0 radical (unpaired) electrons. The summed E-state index contributed by atoms with van der Waals surface area (Å²) >= 11 is 0. The van der Waals surface area contributed by atoms with E-state index in [2.05, 4.69) is 66.7 Å². The van der Waals surface area contributed by atoms with Crippen molar-refractivity contribution < 1.29 is 11.3 Å². The van der Waals surface area contributed by atoms with Gasteiger partial charge in [-0.25, -0.2) is 0 Å². The Hall–Kier alpha value is -5.92. The predicted molar refractivity (Wildman–Crippen MR) is 190 cm³/mol. The molecule has 0 atom stereocenters. The van der Waals surface area contributed by atoms with Gasteiger partial charge in [-0.3, -0.25) is 0 Å². The van der Waals surface area contributed by atoms with E-state index in [1.807, 2.05) is 72.8 Å². The third-order valence-electron chi connectivity index (χ3n) is 8.76. The van der Waals surface area contributed by atoms with E-state index in [0.717, 1.165) is 76.9 Å². The van der Waals surface area contributed by atoms with Crippen molar-refractivity contribution in [2.24, 2.45) is 0 Å². The Kier molecular flexibility index (Phi) is 4.81. The Morgan fingerprint density at radius 1 is 0.400 bits per heavy atom. The number of rotatable bonds is 4. The highest BCUT2D eigenvalue weighted by atomic mass is 16.3. The second-order valence-electron chi connectivity index (χ2n) is 11.3. The first-order valence-electron chi connectivity index (χ1n) is 17.5. The van der Waals surface area contributed by atoms with Crippen molar-refractivity contribution in [3.8, 4) is 44.5 Å². The number of hydrogen-bond donors (Lipinski definition) is 0. The summed E-state index contributed by atoms with van der Waals surface area (Å²) < 4.78 is 50.0. The molecule has 0 N–H and O–H groups in total. The fourth-order valence-corrected chi connectivity index (χ4v) is 6.82. The molecule has 0 spiro atoms. The molecule has 0 saturated heterocycles. The van der Waals surface area contributed by atoms with Crippen LogP contribution in [-0.4, -0.2) is 0 Å². The Morgan fingerprint density at radius 3 is 1.80 bits per heavy atom. The Balaban J connectivity index is 1.46. The quantitative estimate of drug-likeness (QED) is 0.190. The maximum atomic E-state index is 9.00. The molecule has 1 nitrogen and oxygen atoms in total. The van der Waals surface area contributed by atoms with Gasteiger partial charge in [-0.2, -0.15) is 0 Å². The van der Waals surface area contributed by atoms with Crippen LogP contribution in [0.15, 0.2) is 174 Å². The van der Waals surface area contributed by atoms with Crippen molar-refractivity contribution in [3.63, 3.8) is 0 Å². The highest BCUT2D eigenvalue weighted by Crippen LogP contribution is 2.48. The molecule has 45 heavy (non-hydrogen) atoms. The number of fused-ring (bicyclic) bond motifs is 5. The van der Waals surface area contributed by atoms with Gasteiger partial charge in [0.15, 0.2) is 0 Å². The summed E-state index contributed by atoms with van der Waals surface area (Å²) in [4.78, 5) is 0. The molecule has 210 valence electrons. The van der Waals surface area contributed by atoms with Gasteiger partial charge < -0.3 is 4.42 Å². The van der Waals surface area contributed by atoms with Crippen molar-refractivity contribution in [3.05, 3.63) is 170 Å². The first-order chi connectivity index (χ1) is 24.4. The molecule has 0 amide bonds. The SMILES string of the molecule is [2H]c1c([2H])c([2H])c(-c2c3ccccc3c(-c3cccc4oc5c(-c6ccccc6)cccc5c34)c3cc(-c4ccccc4)ccc23)c([2H])c1[2H]. The molecule has 0 aliphatic rings. The van der Waals surface area contributed by atoms with E-state index >= 15 is 0 Å². The topological polar surface area (TPSA) is 13.1 Å². The third-order valence-corrected chi connectivity index (χ3v) is 8.76. The largest absolute Gasteiger partial charge is 0.455 e. The van der Waals surface area contributed by atoms with Gasteiger partial charge in [-0.1, -0.05) is 158 Å². The maximum Gasteiger partial charge on any atom is 0.143 e. The van der Waals surface area contributed by atoms with Gasteiger partial charge in [-0.05, 0) is 72.6 Å². The van der Waals surface area contributed by atoms with Crippen LogP contribution in [0.2, 0.25) is 0 Å². The van der Waals surface area contributed by atoms with E-state index in [1.54, 1.807) is 0 Å².